The average Bonchev–Trinajstić information content (AvgIpc) is 3.59. The molecular weight excluding hydrogens is 398 g/mol. The standard InChI is InChI=1S/C26H37N5O/c1-20-6-5-12-27-25(20)19-31(15-14-29(2)3)26(32)16-28-24-8-4-7-22-18-30(13-11-23(22)24)17-21-9-10-21/h4-8,12,21,28H,9-11,13-19H2,1-3H3. The largest absolute Gasteiger partial charge is 0.376 e. The first kappa shape index (κ1) is 22.7. The van der Waals surface area contributed by atoms with Gasteiger partial charge in [0.15, 0.2) is 0 Å². The molecule has 32 heavy (non-hydrogen) atoms. The molecule has 2 heterocycles. The number of amides is 1. The number of carbonyl (C=O) groups is 1. The Morgan fingerprint density at radius 1 is 1.19 bits per heavy atom. The molecule has 0 bridgehead atoms. The summed E-state index contributed by atoms with van der Waals surface area (Å²) in [5.41, 5.74) is 5.99. The number of anilines is 1. The van der Waals surface area contributed by atoms with E-state index >= 15 is 0 Å². The van der Waals surface area contributed by atoms with E-state index < -0.39 is 0 Å². The number of fused-ring (bicyclic) bond motifs is 1. The van der Waals surface area contributed by atoms with Crippen LogP contribution in [-0.4, -0.2) is 72.4 Å². The van der Waals surface area contributed by atoms with Crippen molar-refractivity contribution in [1.82, 2.24) is 19.7 Å². The van der Waals surface area contributed by atoms with E-state index in [9.17, 15) is 4.79 Å². The number of carbonyl (C=O) groups excluding carboxylic acids is 1. The average molecular weight is 436 g/mol. The van der Waals surface area contributed by atoms with Gasteiger partial charge in [-0.25, -0.2) is 0 Å². The molecule has 1 amide bonds. The maximum atomic E-state index is 13.2. The second kappa shape index (κ2) is 10.5. The van der Waals surface area contributed by atoms with E-state index in [0.29, 0.717) is 19.6 Å². The topological polar surface area (TPSA) is 51.7 Å². The van der Waals surface area contributed by atoms with Gasteiger partial charge in [-0.2, -0.15) is 0 Å². The van der Waals surface area contributed by atoms with Crippen molar-refractivity contribution >= 4 is 11.6 Å². The monoisotopic (exact) mass is 435 g/mol. The SMILES string of the molecule is Cc1cccnc1CN(CCN(C)C)C(=O)CNc1cccc2c1CCN(CC1CC1)C2. The lowest BCUT2D eigenvalue weighted by Crippen LogP contribution is -2.40. The third kappa shape index (κ3) is 6.08. The van der Waals surface area contributed by atoms with Gasteiger partial charge in [-0.1, -0.05) is 18.2 Å². The molecule has 0 radical (unpaired) electrons. The fourth-order valence-electron chi connectivity index (χ4n) is 4.41. The van der Waals surface area contributed by atoms with E-state index in [1.807, 2.05) is 25.1 Å². The Hall–Kier alpha value is -2.44. The lowest BCUT2D eigenvalue weighted by atomic mass is 9.97. The molecule has 1 N–H and O–H groups in total. The second-order valence-corrected chi connectivity index (χ2v) is 9.61. The smallest absolute Gasteiger partial charge is 0.242 e. The highest BCUT2D eigenvalue weighted by atomic mass is 16.2. The molecule has 1 aliphatic carbocycles. The van der Waals surface area contributed by atoms with Crippen LogP contribution in [0.25, 0.3) is 0 Å². The van der Waals surface area contributed by atoms with E-state index in [1.165, 1.54) is 30.5 Å². The molecular formula is C26H37N5O. The molecule has 1 aliphatic heterocycles. The van der Waals surface area contributed by atoms with Gasteiger partial charge >= 0.3 is 0 Å². The molecule has 0 spiro atoms. The maximum absolute atomic E-state index is 13.2. The molecule has 2 aromatic rings. The molecule has 0 unspecified atom stereocenters. The van der Waals surface area contributed by atoms with Crippen LogP contribution < -0.4 is 5.32 Å². The quantitative estimate of drug-likeness (QED) is 0.621. The van der Waals surface area contributed by atoms with Gasteiger partial charge in [0.25, 0.3) is 0 Å². The van der Waals surface area contributed by atoms with E-state index in [1.54, 1.807) is 6.20 Å². The van der Waals surface area contributed by atoms with Crippen molar-refractivity contribution in [3.05, 3.63) is 58.9 Å². The van der Waals surface area contributed by atoms with E-state index in [-0.39, 0.29) is 5.91 Å². The molecule has 1 aromatic carbocycles. The Morgan fingerprint density at radius 3 is 2.78 bits per heavy atom. The first-order valence-corrected chi connectivity index (χ1v) is 11.9. The summed E-state index contributed by atoms with van der Waals surface area (Å²) in [6.07, 6.45) is 5.65. The van der Waals surface area contributed by atoms with Gasteiger partial charge in [0.2, 0.25) is 5.91 Å². The number of aromatic nitrogens is 1. The highest BCUT2D eigenvalue weighted by Gasteiger charge is 2.27. The number of rotatable bonds is 10. The maximum Gasteiger partial charge on any atom is 0.242 e. The third-order valence-electron chi connectivity index (χ3n) is 6.62. The molecule has 6 heteroatoms. The number of nitrogens with one attached hydrogen (secondary N) is 1. The van der Waals surface area contributed by atoms with Crippen molar-refractivity contribution < 1.29 is 4.79 Å². The van der Waals surface area contributed by atoms with Crippen molar-refractivity contribution in [3.8, 4) is 0 Å². The van der Waals surface area contributed by atoms with Crippen LogP contribution in [0.2, 0.25) is 0 Å². The highest BCUT2D eigenvalue weighted by molar-refractivity contribution is 5.81. The predicted molar refractivity (Wildman–Crippen MR) is 130 cm³/mol. The zero-order valence-corrected chi connectivity index (χ0v) is 19.8. The zero-order chi connectivity index (χ0) is 22.5. The van der Waals surface area contributed by atoms with E-state index in [0.717, 1.165) is 48.9 Å². The third-order valence-corrected chi connectivity index (χ3v) is 6.62. The number of hydrogen-bond donors (Lipinski definition) is 1. The lowest BCUT2D eigenvalue weighted by molar-refractivity contribution is -0.130. The van der Waals surface area contributed by atoms with Gasteiger partial charge in [0, 0.05) is 44.6 Å². The minimum absolute atomic E-state index is 0.112. The fourth-order valence-corrected chi connectivity index (χ4v) is 4.41. The summed E-state index contributed by atoms with van der Waals surface area (Å²) in [7, 11) is 4.07. The van der Waals surface area contributed by atoms with Crippen LogP contribution in [0.3, 0.4) is 0 Å². The van der Waals surface area contributed by atoms with E-state index in [4.69, 9.17) is 0 Å². The number of nitrogens with zero attached hydrogens (tertiary/aromatic N) is 4. The van der Waals surface area contributed by atoms with Crippen LogP contribution in [0, 0.1) is 12.8 Å². The van der Waals surface area contributed by atoms with Gasteiger partial charge in [-0.15, -0.1) is 0 Å². The normalized spacial score (nSPS) is 16.1. The van der Waals surface area contributed by atoms with Gasteiger partial charge in [0.05, 0.1) is 18.8 Å². The molecule has 1 saturated carbocycles. The first-order chi connectivity index (χ1) is 15.5. The molecule has 1 aromatic heterocycles. The number of likely N-dealkylation sites (N-methyl/N-ethyl adjacent to an activating group) is 1. The minimum atomic E-state index is 0.112. The zero-order valence-electron chi connectivity index (χ0n) is 19.8. The van der Waals surface area contributed by atoms with E-state index in [2.05, 4.69) is 51.3 Å². The van der Waals surface area contributed by atoms with Crippen LogP contribution in [0.1, 0.15) is 35.2 Å². The molecule has 172 valence electrons. The van der Waals surface area contributed by atoms with Crippen molar-refractivity contribution in [2.24, 2.45) is 5.92 Å². The van der Waals surface area contributed by atoms with Crippen molar-refractivity contribution in [1.29, 1.82) is 0 Å². The van der Waals surface area contributed by atoms with Gasteiger partial charge in [-0.05, 0) is 75.0 Å². The second-order valence-electron chi connectivity index (χ2n) is 9.61. The number of benzene rings is 1. The Bertz CT molecular complexity index is 924. The summed E-state index contributed by atoms with van der Waals surface area (Å²) in [4.78, 5) is 24.3. The molecule has 4 rings (SSSR count). The van der Waals surface area contributed by atoms with Gasteiger partial charge in [0.1, 0.15) is 0 Å². The van der Waals surface area contributed by atoms with Crippen molar-refractivity contribution in [3.63, 3.8) is 0 Å². The Kier molecular flexibility index (Phi) is 7.43. The Morgan fingerprint density at radius 2 is 2.03 bits per heavy atom. The van der Waals surface area contributed by atoms with Crippen LogP contribution in [0.5, 0.6) is 0 Å². The minimum Gasteiger partial charge on any atom is -0.376 e. The summed E-state index contributed by atoms with van der Waals surface area (Å²) < 4.78 is 0. The van der Waals surface area contributed by atoms with Crippen LogP contribution in [0.15, 0.2) is 36.5 Å². The van der Waals surface area contributed by atoms with Crippen molar-refractivity contribution in [2.75, 3.05) is 52.1 Å². The van der Waals surface area contributed by atoms with Gasteiger partial charge < -0.3 is 15.1 Å². The van der Waals surface area contributed by atoms with Crippen molar-refractivity contribution in [2.45, 2.75) is 39.3 Å². The van der Waals surface area contributed by atoms with Gasteiger partial charge in [-0.3, -0.25) is 14.7 Å². The summed E-state index contributed by atoms with van der Waals surface area (Å²) in [5.74, 6) is 1.03. The summed E-state index contributed by atoms with van der Waals surface area (Å²) in [5, 5.41) is 3.47. The molecule has 0 atom stereocenters. The Labute approximate surface area is 192 Å². The fraction of sp³-hybridized carbons (Fsp3) is 0.538. The summed E-state index contributed by atoms with van der Waals surface area (Å²) in [6.45, 7) is 7.81. The lowest BCUT2D eigenvalue weighted by Gasteiger charge is -2.30. The molecule has 0 saturated heterocycles. The molecule has 6 nitrogen and oxygen atoms in total. The summed E-state index contributed by atoms with van der Waals surface area (Å²) >= 11 is 0. The Balaban J connectivity index is 1.39. The number of pyridine rings is 1. The predicted octanol–water partition coefficient (Wildman–Crippen LogP) is 3.16. The highest BCUT2D eigenvalue weighted by Crippen LogP contribution is 2.32. The van der Waals surface area contributed by atoms with Crippen LogP contribution in [0.4, 0.5) is 5.69 Å². The van der Waals surface area contributed by atoms with Crippen LogP contribution in [-0.2, 0) is 24.3 Å². The number of aryl methyl sites for hydroxylation is 1. The molecule has 1 fully saturated rings. The molecule has 2 aliphatic rings. The first-order valence-electron chi connectivity index (χ1n) is 11.9. The van der Waals surface area contributed by atoms with Crippen LogP contribution >= 0.6 is 0 Å². The number of hydrogen-bond acceptors (Lipinski definition) is 5. The summed E-state index contributed by atoms with van der Waals surface area (Å²) in [6, 6.07) is 10.5.